The van der Waals surface area contributed by atoms with E-state index in [1.807, 2.05) is 12.1 Å². The fourth-order valence-corrected chi connectivity index (χ4v) is 1.90. The van der Waals surface area contributed by atoms with Crippen molar-refractivity contribution in [2.75, 3.05) is 5.32 Å². The van der Waals surface area contributed by atoms with E-state index in [1.165, 1.54) is 6.92 Å². The number of halogens is 1. The number of carbonyl (C=O) groups excluding carboxylic acids is 1. The number of hydrogen-bond acceptors (Lipinski definition) is 2. The van der Waals surface area contributed by atoms with Gasteiger partial charge >= 0.3 is 5.97 Å². The molecule has 1 aromatic carbocycles. The molecule has 0 bridgehead atoms. The number of carbonyl (C=O) groups is 2. The largest absolute Gasteiger partial charge is 0.481 e. The summed E-state index contributed by atoms with van der Waals surface area (Å²) < 4.78 is 0. The number of carboxylic acid groups (broad SMARTS) is 1. The summed E-state index contributed by atoms with van der Waals surface area (Å²) >= 11 is 6.19. The average molecular weight is 270 g/mol. The van der Waals surface area contributed by atoms with Gasteiger partial charge < -0.3 is 10.4 Å². The van der Waals surface area contributed by atoms with Gasteiger partial charge in [0, 0.05) is 19.0 Å². The summed E-state index contributed by atoms with van der Waals surface area (Å²) in [5.74, 6) is -0.949. The Hall–Kier alpha value is -1.55. The fraction of sp³-hybridized carbons (Fsp3) is 0.385. The zero-order chi connectivity index (χ0) is 13.5. The first-order chi connectivity index (χ1) is 8.49. The highest BCUT2D eigenvalue weighted by molar-refractivity contribution is 6.20. The van der Waals surface area contributed by atoms with Crippen molar-refractivity contribution in [2.24, 2.45) is 0 Å². The maximum atomic E-state index is 10.9. The number of carboxylic acids is 1. The molecular formula is C13H16ClNO3. The predicted octanol–water partition coefficient (Wildman–Crippen LogP) is 3.18. The number of nitrogens with one attached hydrogen (secondary N) is 1. The molecular weight excluding hydrogens is 254 g/mol. The van der Waals surface area contributed by atoms with E-state index in [9.17, 15) is 9.59 Å². The maximum absolute atomic E-state index is 10.9. The van der Waals surface area contributed by atoms with E-state index in [2.05, 4.69) is 5.32 Å². The highest BCUT2D eigenvalue weighted by atomic mass is 35.5. The van der Waals surface area contributed by atoms with E-state index in [-0.39, 0.29) is 17.7 Å². The van der Waals surface area contributed by atoms with Crippen molar-refractivity contribution < 1.29 is 14.7 Å². The monoisotopic (exact) mass is 269 g/mol. The van der Waals surface area contributed by atoms with Crippen LogP contribution in [0.1, 0.15) is 37.1 Å². The minimum Gasteiger partial charge on any atom is -0.481 e. The van der Waals surface area contributed by atoms with Crippen molar-refractivity contribution >= 4 is 29.2 Å². The molecule has 1 atom stereocenters. The Morgan fingerprint density at radius 2 is 2.17 bits per heavy atom. The zero-order valence-corrected chi connectivity index (χ0v) is 10.9. The van der Waals surface area contributed by atoms with Crippen LogP contribution >= 0.6 is 11.6 Å². The third kappa shape index (κ3) is 5.19. The molecule has 0 heterocycles. The topological polar surface area (TPSA) is 66.4 Å². The first-order valence-electron chi connectivity index (χ1n) is 5.72. The van der Waals surface area contributed by atoms with Crippen molar-refractivity contribution in [1.82, 2.24) is 0 Å². The van der Waals surface area contributed by atoms with Crippen LogP contribution in [0.15, 0.2) is 24.3 Å². The van der Waals surface area contributed by atoms with Crippen molar-refractivity contribution in [2.45, 2.75) is 31.6 Å². The van der Waals surface area contributed by atoms with Crippen LogP contribution in [0.25, 0.3) is 0 Å². The van der Waals surface area contributed by atoms with Crippen LogP contribution in [0.3, 0.4) is 0 Å². The minimum atomic E-state index is -0.814. The number of benzene rings is 1. The van der Waals surface area contributed by atoms with E-state index < -0.39 is 5.97 Å². The molecule has 1 rings (SSSR count). The number of rotatable bonds is 6. The van der Waals surface area contributed by atoms with Gasteiger partial charge in [-0.15, -0.1) is 11.6 Å². The molecule has 1 unspecified atom stereocenters. The maximum Gasteiger partial charge on any atom is 0.303 e. The predicted molar refractivity (Wildman–Crippen MR) is 70.8 cm³/mol. The molecule has 0 spiro atoms. The molecule has 0 aromatic heterocycles. The van der Waals surface area contributed by atoms with Gasteiger partial charge in [-0.25, -0.2) is 0 Å². The Kier molecular flexibility index (Phi) is 5.65. The average Bonchev–Trinajstić information content (AvgIpc) is 2.27. The number of amides is 1. The van der Waals surface area contributed by atoms with E-state index in [4.69, 9.17) is 16.7 Å². The standard InChI is InChI=1S/C13H16ClNO3/c1-9(16)15-11-5-2-4-10(8-11)12(14)6-3-7-13(17)18/h2,4-5,8,12H,3,6-7H2,1H3,(H,15,16)(H,17,18). The van der Waals surface area contributed by atoms with Gasteiger partial charge in [0.1, 0.15) is 0 Å². The van der Waals surface area contributed by atoms with Crippen LogP contribution in [-0.4, -0.2) is 17.0 Å². The Morgan fingerprint density at radius 1 is 1.44 bits per heavy atom. The smallest absolute Gasteiger partial charge is 0.303 e. The van der Waals surface area contributed by atoms with E-state index in [1.54, 1.807) is 12.1 Å². The molecule has 98 valence electrons. The molecule has 1 amide bonds. The van der Waals surface area contributed by atoms with Crippen molar-refractivity contribution in [3.05, 3.63) is 29.8 Å². The molecule has 0 aliphatic heterocycles. The van der Waals surface area contributed by atoms with Gasteiger partial charge in [0.25, 0.3) is 0 Å². The van der Waals surface area contributed by atoms with Crippen molar-refractivity contribution in [1.29, 1.82) is 0 Å². The van der Waals surface area contributed by atoms with Gasteiger partial charge in [-0.05, 0) is 30.5 Å². The van der Waals surface area contributed by atoms with Crippen molar-refractivity contribution in [3.63, 3.8) is 0 Å². The molecule has 0 fully saturated rings. The first kappa shape index (κ1) is 14.5. The summed E-state index contributed by atoms with van der Waals surface area (Å²) in [5, 5.41) is 11.0. The Bertz CT molecular complexity index is 434. The fourth-order valence-electron chi connectivity index (χ4n) is 1.61. The van der Waals surface area contributed by atoms with Crippen LogP contribution in [0, 0.1) is 0 Å². The highest BCUT2D eigenvalue weighted by Gasteiger charge is 2.09. The molecule has 0 radical (unpaired) electrons. The summed E-state index contributed by atoms with van der Waals surface area (Å²) in [5.41, 5.74) is 1.58. The zero-order valence-electron chi connectivity index (χ0n) is 10.1. The highest BCUT2D eigenvalue weighted by Crippen LogP contribution is 2.28. The second-order valence-corrected chi connectivity index (χ2v) is 4.59. The number of alkyl halides is 1. The molecule has 0 aliphatic carbocycles. The van der Waals surface area contributed by atoms with Crippen LogP contribution in [0.5, 0.6) is 0 Å². The summed E-state index contributed by atoms with van der Waals surface area (Å²) in [6, 6.07) is 7.27. The second kappa shape index (κ2) is 7.01. The van der Waals surface area contributed by atoms with E-state index in [0.29, 0.717) is 18.5 Å². The molecule has 0 saturated heterocycles. The molecule has 2 N–H and O–H groups in total. The quantitative estimate of drug-likeness (QED) is 0.780. The third-order valence-electron chi connectivity index (χ3n) is 2.42. The van der Waals surface area contributed by atoms with Crippen molar-refractivity contribution in [3.8, 4) is 0 Å². The van der Waals surface area contributed by atoms with E-state index in [0.717, 1.165) is 5.56 Å². The summed E-state index contributed by atoms with van der Waals surface area (Å²) in [7, 11) is 0. The molecule has 4 nitrogen and oxygen atoms in total. The molecule has 18 heavy (non-hydrogen) atoms. The van der Waals surface area contributed by atoms with Crippen LogP contribution in [0.2, 0.25) is 0 Å². The summed E-state index contributed by atoms with van der Waals surface area (Å²) in [4.78, 5) is 21.3. The molecule has 1 aromatic rings. The van der Waals surface area contributed by atoms with Gasteiger partial charge in [-0.1, -0.05) is 12.1 Å². The number of hydrogen-bond donors (Lipinski definition) is 2. The third-order valence-corrected chi connectivity index (χ3v) is 2.89. The van der Waals surface area contributed by atoms with Gasteiger partial charge in [-0.2, -0.15) is 0 Å². The normalized spacial score (nSPS) is 11.9. The Balaban J connectivity index is 2.59. The van der Waals surface area contributed by atoms with Gasteiger partial charge in [0.05, 0.1) is 5.38 Å². The first-order valence-corrected chi connectivity index (χ1v) is 6.16. The van der Waals surface area contributed by atoms with Crippen LogP contribution in [-0.2, 0) is 9.59 Å². The lowest BCUT2D eigenvalue weighted by Gasteiger charge is -2.11. The van der Waals surface area contributed by atoms with Gasteiger partial charge in [0.2, 0.25) is 5.91 Å². The van der Waals surface area contributed by atoms with Crippen LogP contribution < -0.4 is 5.32 Å². The summed E-state index contributed by atoms with van der Waals surface area (Å²) in [6.45, 7) is 1.44. The molecule has 5 heteroatoms. The lowest BCUT2D eigenvalue weighted by molar-refractivity contribution is -0.137. The van der Waals surface area contributed by atoms with Gasteiger partial charge in [0.15, 0.2) is 0 Å². The molecule has 0 saturated carbocycles. The number of aliphatic carboxylic acids is 1. The minimum absolute atomic E-state index is 0.120. The van der Waals surface area contributed by atoms with Gasteiger partial charge in [-0.3, -0.25) is 9.59 Å². The summed E-state index contributed by atoms with van der Waals surface area (Å²) in [6.07, 6.45) is 1.25. The lowest BCUT2D eigenvalue weighted by Crippen LogP contribution is -2.06. The number of anilines is 1. The lowest BCUT2D eigenvalue weighted by atomic mass is 10.1. The molecule has 0 aliphatic rings. The second-order valence-electron chi connectivity index (χ2n) is 4.06. The Labute approximate surface area is 111 Å². The van der Waals surface area contributed by atoms with Crippen LogP contribution in [0.4, 0.5) is 5.69 Å². The SMILES string of the molecule is CC(=O)Nc1cccc(C(Cl)CCCC(=O)O)c1. The van der Waals surface area contributed by atoms with E-state index >= 15 is 0 Å². The Morgan fingerprint density at radius 3 is 2.78 bits per heavy atom.